The lowest BCUT2D eigenvalue weighted by Crippen LogP contribution is -2.52. The van der Waals surface area contributed by atoms with Gasteiger partial charge in [0.2, 0.25) is 5.91 Å². The number of benzene rings is 1. The number of nitrogens with two attached hydrogens (primary N) is 1. The first-order valence-electron chi connectivity index (χ1n) is 7.36. The second-order valence-electron chi connectivity index (χ2n) is 5.34. The minimum absolute atomic E-state index is 0.288. The molecule has 0 bridgehead atoms. The fourth-order valence-electron chi connectivity index (χ4n) is 2.91. The lowest BCUT2D eigenvalue weighted by Gasteiger charge is -2.33. The number of hydrogen-bond donors (Lipinski definition) is 1. The molecule has 1 saturated heterocycles. The van der Waals surface area contributed by atoms with E-state index in [1.165, 1.54) is 6.07 Å². The fraction of sp³-hybridized carbons (Fsp3) is 0.467. The topological polar surface area (TPSA) is 73.4 Å². The Bertz CT molecular complexity index is 700. The number of rotatable bonds is 4. The number of amides is 1. The van der Waals surface area contributed by atoms with Gasteiger partial charge in [0.15, 0.2) is 5.82 Å². The minimum atomic E-state index is -0.469. The van der Waals surface area contributed by atoms with Gasteiger partial charge in [0.25, 0.3) is 0 Å². The van der Waals surface area contributed by atoms with Crippen LogP contribution in [0, 0.1) is 5.82 Å². The highest BCUT2D eigenvalue weighted by Crippen LogP contribution is 2.21. The summed E-state index contributed by atoms with van der Waals surface area (Å²) in [6, 6.07) is 4.46. The monoisotopic (exact) mass is 306 g/mol. The molecule has 0 spiro atoms. The van der Waals surface area contributed by atoms with Gasteiger partial charge >= 0.3 is 0 Å². The average molecular weight is 306 g/mol. The molecule has 0 radical (unpaired) electrons. The van der Waals surface area contributed by atoms with Crippen molar-refractivity contribution in [2.24, 2.45) is 5.73 Å². The first-order chi connectivity index (χ1) is 10.6. The standard InChI is InChI=1S/C15H19FN4O2/c1-2-20-11-5-3-4-10(16)14(11)18-13(20)8-19-6-7-22-9-12(19)15(17)21/h3-5,12H,2,6-9H2,1H3,(H2,17,21). The van der Waals surface area contributed by atoms with Gasteiger partial charge in [-0.3, -0.25) is 9.69 Å². The second kappa shape index (κ2) is 6.02. The molecule has 7 heteroatoms. The van der Waals surface area contributed by atoms with E-state index in [-0.39, 0.29) is 12.4 Å². The van der Waals surface area contributed by atoms with Crippen LogP contribution >= 0.6 is 0 Å². The maximum absolute atomic E-state index is 13.9. The van der Waals surface area contributed by atoms with E-state index in [0.717, 1.165) is 11.3 Å². The minimum Gasteiger partial charge on any atom is -0.378 e. The zero-order valence-electron chi connectivity index (χ0n) is 12.5. The molecule has 3 rings (SSSR count). The van der Waals surface area contributed by atoms with E-state index < -0.39 is 11.9 Å². The Kier molecular flexibility index (Phi) is 4.08. The van der Waals surface area contributed by atoms with Crippen molar-refractivity contribution in [2.45, 2.75) is 26.1 Å². The van der Waals surface area contributed by atoms with Crippen molar-refractivity contribution in [1.29, 1.82) is 0 Å². The number of carbonyl (C=O) groups excluding carboxylic acids is 1. The Morgan fingerprint density at radius 3 is 3.09 bits per heavy atom. The van der Waals surface area contributed by atoms with Gasteiger partial charge in [0, 0.05) is 13.1 Å². The summed E-state index contributed by atoms with van der Waals surface area (Å²) in [7, 11) is 0. The molecule has 1 amide bonds. The summed E-state index contributed by atoms with van der Waals surface area (Å²) in [6.45, 7) is 4.55. The number of fused-ring (bicyclic) bond motifs is 1. The number of carbonyl (C=O) groups is 1. The summed E-state index contributed by atoms with van der Waals surface area (Å²) >= 11 is 0. The number of imidazole rings is 1. The lowest BCUT2D eigenvalue weighted by atomic mass is 10.2. The van der Waals surface area contributed by atoms with Crippen LogP contribution in [-0.2, 0) is 22.6 Å². The van der Waals surface area contributed by atoms with Gasteiger partial charge in [-0.1, -0.05) is 6.07 Å². The highest BCUT2D eigenvalue weighted by Gasteiger charge is 2.29. The molecule has 1 atom stereocenters. The first kappa shape index (κ1) is 14.9. The SMILES string of the molecule is CCn1c(CN2CCOCC2C(N)=O)nc2c(F)cccc21. The maximum Gasteiger partial charge on any atom is 0.237 e. The zero-order chi connectivity index (χ0) is 15.7. The summed E-state index contributed by atoms with van der Waals surface area (Å²) in [5, 5.41) is 0. The van der Waals surface area contributed by atoms with Crippen LogP contribution in [-0.4, -0.2) is 46.2 Å². The Morgan fingerprint density at radius 1 is 1.55 bits per heavy atom. The molecule has 0 saturated carbocycles. The second-order valence-corrected chi connectivity index (χ2v) is 5.34. The van der Waals surface area contributed by atoms with E-state index in [1.54, 1.807) is 6.07 Å². The van der Waals surface area contributed by atoms with Crippen LogP contribution in [0.3, 0.4) is 0 Å². The molecule has 1 aliphatic heterocycles. The summed E-state index contributed by atoms with van der Waals surface area (Å²) in [4.78, 5) is 17.9. The molecule has 118 valence electrons. The molecule has 1 aliphatic rings. The predicted molar refractivity (Wildman–Crippen MR) is 79.6 cm³/mol. The molecule has 2 N–H and O–H groups in total. The number of para-hydroxylation sites is 1. The normalized spacial score (nSPS) is 19.6. The van der Waals surface area contributed by atoms with Crippen LogP contribution in [0.4, 0.5) is 4.39 Å². The van der Waals surface area contributed by atoms with Crippen molar-refractivity contribution in [2.75, 3.05) is 19.8 Å². The van der Waals surface area contributed by atoms with Crippen LogP contribution in [0.25, 0.3) is 11.0 Å². The van der Waals surface area contributed by atoms with E-state index in [1.807, 2.05) is 22.5 Å². The Balaban J connectivity index is 1.96. The quantitative estimate of drug-likeness (QED) is 0.910. The summed E-state index contributed by atoms with van der Waals surface area (Å²) in [5.41, 5.74) is 6.56. The Labute approximate surface area is 127 Å². The van der Waals surface area contributed by atoms with Crippen molar-refractivity contribution in [1.82, 2.24) is 14.5 Å². The van der Waals surface area contributed by atoms with E-state index >= 15 is 0 Å². The largest absolute Gasteiger partial charge is 0.378 e. The van der Waals surface area contributed by atoms with E-state index in [2.05, 4.69) is 4.98 Å². The molecular weight excluding hydrogens is 287 g/mol. The fourth-order valence-corrected chi connectivity index (χ4v) is 2.91. The predicted octanol–water partition coefficient (Wildman–Crippen LogP) is 0.881. The smallest absolute Gasteiger partial charge is 0.237 e. The summed E-state index contributed by atoms with van der Waals surface area (Å²) in [5.74, 6) is -0.0137. The van der Waals surface area contributed by atoms with Crippen molar-refractivity contribution < 1.29 is 13.9 Å². The number of hydrogen-bond acceptors (Lipinski definition) is 4. The Hall–Kier alpha value is -1.99. The van der Waals surface area contributed by atoms with Crippen LogP contribution in [0.15, 0.2) is 18.2 Å². The van der Waals surface area contributed by atoms with E-state index in [0.29, 0.717) is 31.8 Å². The molecular formula is C15H19FN4O2. The van der Waals surface area contributed by atoms with Crippen molar-refractivity contribution in [3.8, 4) is 0 Å². The molecule has 2 aromatic rings. The van der Waals surface area contributed by atoms with Gasteiger partial charge in [-0.05, 0) is 19.1 Å². The van der Waals surface area contributed by atoms with Gasteiger partial charge < -0.3 is 15.0 Å². The lowest BCUT2D eigenvalue weighted by molar-refractivity contribution is -0.129. The molecule has 1 fully saturated rings. The van der Waals surface area contributed by atoms with Gasteiger partial charge in [-0.25, -0.2) is 9.37 Å². The summed E-state index contributed by atoms with van der Waals surface area (Å²) < 4.78 is 21.2. The van der Waals surface area contributed by atoms with Crippen molar-refractivity contribution >= 4 is 16.9 Å². The van der Waals surface area contributed by atoms with E-state index in [9.17, 15) is 9.18 Å². The number of aromatic nitrogens is 2. The van der Waals surface area contributed by atoms with Gasteiger partial charge in [-0.2, -0.15) is 0 Å². The number of primary amides is 1. The molecule has 0 aliphatic carbocycles. The zero-order valence-corrected chi connectivity index (χ0v) is 12.5. The third-order valence-electron chi connectivity index (χ3n) is 4.04. The number of ether oxygens (including phenoxy) is 1. The van der Waals surface area contributed by atoms with Crippen molar-refractivity contribution in [3.63, 3.8) is 0 Å². The molecule has 6 nitrogen and oxygen atoms in total. The molecule has 22 heavy (non-hydrogen) atoms. The third kappa shape index (κ3) is 2.57. The van der Waals surface area contributed by atoms with Crippen LogP contribution in [0.5, 0.6) is 0 Å². The number of morpholine rings is 1. The van der Waals surface area contributed by atoms with Gasteiger partial charge in [0.05, 0.1) is 25.3 Å². The number of nitrogens with zero attached hydrogens (tertiary/aromatic N) is 3. The molecule has 1 unspecified atom stereocenters. The van der Waals surface area contributed by atoms with Crippen LogP contribution in [0.2, 0.25) is 0 Å². The summed E-state index contributed by atoms with van der Waals surface area (Å²) in [6.07, 6.45) is 0. The van der Waals surface area contributed by atoms with Gasteiger partial charge in [-0.15, -0.1) is 0 Å². The number of aryl methyl sites for hydroxylation is 1. The van der Waals surface area contributed by atoms with Gasteiger partial charge in [0.1, 0.15) is 17.4 Å². The molecule has 1 aromatic carbocycles. The van der Waals surface area contributed by atoms with Crippen LogP contribution in [0.1, 0.15) is 12.7 Å². The maximum atomic E-state index is 13.9. The number of halogens is 1. The first-order valence-corrected chi connectivity index (χ1v) is 7.36. The van der Waals surface area contributed by atoms with E-state index in [4.69, 9.17) is 10.5 Å². The average Bonchev–Trinajstić information content (AvgIpc) is 2.86. The third-order valence-corrected chi connectivity index (χ3v) is 4.04. The van der Waals surface area contributed by atoms with Crippen LogP contribution < -0.4 is 5.73 Å². The Morgan fingerprint density at radius 2 is 2.36 bits per heavy atom. The highest BCUT2D eigenvalue weighted by molar-refractivity contribution is 5.80. The highest BCUT2D eigenvalue weighted by atomic mass is 19.1. The molecule has 2 heterocycles. The molecule has 1 aromatic heterocycles. The van der Waals surface area contributed by atoms with Crippen molar-refractivity contribution in [3.05, 3.63) is 29.8 Å².